The maximum Gasteiger partial charge on any atom is 0.449 e. The second kappa shape index (κ2) is 3.43. The van der Waals surface area contributed by atoms with E-state index in [1.807, 2.05) is 0 Å². The number of rotatable bonds is 2. The SMILES string of the molecule is CSCc1ccc(C(F)(F)F)o1. The Morgan fingerprint density at radius 3 is 2.50 bits per heavy atom. The number of hydrogen-bond donors (Lipinski definition) is 0. The summed E-state index contributed by atoms with van der Waals surface area (Å²) in [6.07, 6.45) is -2.56. The predicted octanol–water partition coefficient (Wildman–Crippen LogP) is 3.16. The highest BCUT2D eigenvalue weighted by molar-refractivity contribution is 7.97. The lowest BCUT2D eigenvalue weighted by atomic mass is 10.4. The van der Waals surface area contributed by atoms with Crippen molar-refractivity contribution in [3.05, 3.63) is 23.7 Å². The summed E-state index contributed by atoms with van der Waals surface area (Å²) in [7, 11) is 0. The zero-order chi connectivity index (χ0) is 9.19. The van der Waals surface area contributed by atoms with Crippen molar-refractivity contribution in [2.24, 2.45) is 0 Å². The molecule has 0 aliphatic rings. The zero-order valence-electron chi connectivity index (χ0n) is 6.31. The van der Waals surface area contributed by atoms with Crippen LogP contribution in [0.1, 0.15) is 11.5 Å². The second-order valence-electron chi connectivity index (χ2n) is 2.20. The van der Waals surface area contributed by atoms with Crippen LogP contribution in [0.15, 0.2) is 16.5 Å². The van der Waals surface area contributed by atoms with Crippen LogP contribution in [0, 0.1) is 0 Å². The highest BCUT2D eigenvalue weighted by Gasteiger charge is 2.34. The van der Waals surface area contributed by atoms with E-state index in [0.29, 0.717) is 11.5 Å². The molecule has 0 bridgehead atoms. The van der Waals surface area contributed by atoms with E-state index in [0.717, 1.165) is 6.07 Å². The van der Waals surface area contributed by atoms with E-state index in [1.165, 1.54) is 17.8 Å². The van der Waals surface area contributed by atoms with Gasteiger partial charge in [0.2, 0.25) is 5.76 Å². The minimum Gasteiger partial charge on any atom is -0.456 e. The molecule has 0 saturated heterocycles. The summed E-state index contributed by atoms with van der Waals surface area (Å²) in [5, 5.41) is 0. The molecular formula is C7H7F3OS. The Bertz CT molecular complexity index is 253. The Kier molecular flexibility index (Phi) is 2.72. The van der Waals surface area contributed by atoms with Crippen LogP contribution in [0.3, 0.4) is 0 Å². The standard InChI is InChI=1S/C7H7F3OS/c1-12-4-5-2-3-6(11-5)7(8,9)10/h2-3H,4H2,1H3. The van der Waals surface area contributed by atoms with Crippen molar-refractivity contribution in [2.75, 3.05) is 6.26 Å². The fraction of sp³-hybridized carbons (Fsp3) is 0.429. The van der Waals surface area contributed by atoms with E-state index < -0.39 is 11.9 Å². The fourth-order valence-electron chi connectivity index (χ4n) is 0.750. The van der Waals surface area contributed by atoms with Crippen molar-refractivity contribution >= 4 is 11.8 Å². The molecule has 0 N–H and O–H groups in total. The number of furan rings is 1. The van der Waals surface area contributed by atoms with Crippen molar-refractivity contribution in [3.8, 4) is 0 Å². The van der Waals surface area contributed by atoms with Crippen molar-refractivity contribution in [1.29, 1.82) is 0 Å². The predicted molar refractivity (Wildman–Crippen MR) is 40.9 cm³/mol. The average molecular weight is 196 g/mol. The molecule has 0 aliphatic carbocycles. The van der Waals surface area contributed by atoms with Crippen molar-refractivity contribution in [3.63, 3.8) is 0 Å². The maximum atomic E-state index is 11.9. The molecule has 0 spiro atoms. The highest BCUT2D eigenvalue weighted by Crippen LogP contribution is 2.31. The van der Waals surface area contributed by atoms with Gasteiger partial charge in [-0.15, -0.1) is 0 Å². The van der Waals surface area contributed by atoms with Gasteiger partial charge in [0.1, 0.15) is 5.76 Å². The lowest BCUT2D eigenvalue weighted by molar-refractivity contribution is -0.153. The van der Waals surface area contributed by atoms with Crippen LogP contribution in [-0.2, 0) is 11.9 Å². The molecule has 0 radical (unpaired) electrons. The third-order valence-electron chi connectivity index (χ3n) is 1.23. The fourth-order valence-corrected chi connectivity index (χ4v) is 1.19. The summed E-state index contributed by atoms with van der Waals surface area (Å²) in [5.41, 5.74) is 0. The first kappa shape index (κ1) is 9.51. The zero-order valence-corrected chi connectivity index (χ0v) is 7.13. The first-order valence-corrected chi connectivity index (χ1v) is 4.58. The van der Waals surface area contributed by atoms with E-state index in [4.69, 9.17) is 0 Å². The normalized spacial score (nSPS) is 12.0. The van der Waals surface area contributed by atoms with E-state index >= 15 is 0 Å². The van der Waals surface area contributed by atoms with Crippen LogP contribution in [-0.4, -0.2) is 6.26 Å². The quantitative estimate of drug-likeness (QED) is 0.720. The lowest BCUT2D eigenvalue weighted by Crippen LogP contribution is -2.02. The van der Waals surface area contributed by atoms with Crippen LogP contribution < -0.4 is 0 Å². The summed E-state index contributed by atoms with van der Waals surface area (Å²) in [4.78, 5) is 0. The average Bonchev–Trinajstić information content (AvgIpc) is 2.35. The molecule has 68 valence electrons. The van der Waals surface area contributed by atoms with Crippen molar-refractivity contribution < 1.29 is 17.6 Å². The monoisotopic (exact) mass is 196 g/mol. The summed E-state index contributed by atoms with van der Waals surface area (Å²) in [5.74, 6) is -0.0998. The maximum absolute atomic E-state index is 11.9. The molecule has 0 aromatic carbocycles. The van der Waals surface area contributed by atoms with Crippen LogP contribution in [0.2, 0.25) is 0 Å². The minimum absolute atomic E-state index is 0.356. The summed E-state index contributed by atoms with van der Waals surface area (Å²) >= 11 is 1.42. The van der Waals surface area contributed by atoms with Crippen LogP contribution >= 0.6 is 11.8 Å². The van der Waals surface area contributed by atoms with Gasteiger partial charge in [-0.3, -0.25) is 0 Å². The number of halogens is 3. The molecule has 1 rings (SSSR count). The van der Waals surface area contributed by atoms with E-state index in [1.54, 1.807) is 6.26 Å². The smallest absolute Gasteiger partial charge is 0.449 e. The molecule has 1 heterocycles. The van der Waals surface area contributed by atoms with Crippen molar-refractivity contribution in [2.45, 2.75) is 11.9 Å². The van der Waals surface area contributed by atoms with Gasteiger partial charge in [0, 0.05) is 0 Å². The Morgan fingerprint density at radius 1 is 1.42 bits per heavy atom. The summed E-state index contributed by atoms with van der Waals surface area (Å²) in [6, 6.07) is 2.30. The second-order valence-corrected chi connectivity index (χ2v) is 3.06. The molecule has 1 aromatic heterocycles. The highest BCUT2D eigenvalue weighted by atomic mass is 32.2. The van der Waals surface area contributed by atoms with Crippen LogP contribution in [0.5, 0.6) is 0 Å². The third kappa shape index (κ3) is 2.20. The Hall–Kier alpha value is -0.580. The molecule has 1 nitrogen and oxygen atoms in total. The number of alkyl halides is 3. The van der Waals surface area contributed by atoms with E-state index in [2.05, 4.69) is 4.42 Å². The van der Waals surface area contributed by atoms with Crippen LogP contribution in [0.4, 0.5) is 13.2 Å². The Morgan fingerprint density at radius 2 is 2.08 bits per heavy atom. The molecule has 0 saturated carbocycles. The van der Waals surface area contributed by atoms with Gasteiger partial charge in [0.15, 0.2) is 0 Å². The van der Waals surface area contributed by atoms with Crippen LogP contribution in [0.25, 0.3) is 0 Å². The van der Waals surface area contributed by atoms with Gasteiger partial charge in [0.05, 0.1) is 5.75 Å². The molecule has 12 heavy (non-hydrogen) atoms. The Labute approximate surface area is 71.9 Å². The molecule has 0 atom stereocenters. The molecule has 0 amide bonds. The van der Waals surface area contributed by atoms with Gasteiger partial charge in [-0.1, -0.05) is 0 Å². The molecule has 0 fully saturated rings. The molecule has 0 aliphatic heterocycles. The van der Waals surface area contributed by atoms with Gasteiger partial charge in [-0.25, -0.2) is 0 Å². The first-order valence-electron chi connectivity index (χ1n) is 3.19. The topological polar surface area (TPSA) is 13.1 Å². The van der Waals surface area contributed by atoms with Gasteiger partial charge in [-0.2, -0.15) is 24.9 Å². The van der Waals surface area contributed by atoms with Gasteiger partial charge in [-0.05, 0) is 18.4 Å². The molecular weight excluding hydrogens is 189 g/mol. The minimum atomic E-state index is -4.36. The Balaban J connectivity index is 2.77. The number of thioether (sulfide) groups is 1. The van der Waals surface area contributed by atoms with Gasteiger partial charge in [0.25, 0.3) is 0 Å². The molecule has 1 aromatic rings. The first-order chi connectivity index (χ1) is 5.54. The van der Waals surface area contributed by atoms with Gasteiger partial charge >= 0.3 is 6.18 Å². The van der Waals surface area contributed by atoms with E-state index in [-0.39, 0.29) is 0 Å². The molecule has 0 unspecified atom stereocenters. The van der Waals surface area contributed by atoms with Crippen molar-refractivity contribution in [1.82, 2.24) is 0 Å². The van der Waals surface area contributed by atoms with E-state index in [9.17, 15) is 13.2 Å². The molecule has 5 heteroatoms. The van der Waals surface area contributed by atoms with Gasteiger partial charge < -0.3 is 4.42 Å². The summed E-state index contributed by atoms with van der Waals surface area (Å²) in [6.45, 7) is 0. The lowest BCUT2D eigenvalue weighted by Gasteiger charge is -2.00. The number of hydrogen-bond acceptors (Lipinski definition) is 2. The third-order valence-corrected chi connectivity index (χ3v) is 1.80. The summed E-state index contributed by atoms with van der Waals surface area (Å²) < 4.78 is 40.4. The largest absolute Gasteiger partial charge is 0.456 e.